The molecule has 0 saturated carbocycles. The zero-order chi connectivity index (χ0) is 20.6. The Morgan fingerprint density at radius 2 is 1.52 bits per heavy atom. The molecule has 0 unspecified atom stereocenters. The minimum Gasteiger partial charge on any atom is -0.462 e. The first kappa shape index (κ1) is 20.3. The van der Waals surface area contributed by atoms with Crippen LogP contribution >= 0.6 is 0 Å². The van der Waals surface area contributed by atoms with Crippen LogP contribution in [0, 0.1) is 0 Å². The van der Waals surface area contributed by atoms with Crippen LogP contribution in [0.25, 0.3) is 0 Å². The number of carbonyl (C=O) groups is 3. The van der Waals surface area contributed by atoms with Crippen molar-refractivity contribution in [2.24, 2.45) is 0 Å². The molecule has 8 nitrogen and oxygen atoms in total. The minimum absolute atomic E-state index is 0.184. The lowest BCUT2D eigenvalue weighted by Crippen LogP contribution is -2.37. The number of ether oxygens (including phenoxy) is 2. The molecule has 0 radical (unpaired) electrons. The zero-order valence-electron chi connectivity index (χ0n) is 16.1. The lowest BCUT2D eigenvalue weighted by atomic mass is 10.1. The standard InChI is InChI=1S/C21H23N3O5/c1-2-29-21(27)15-7-3-4-8-16(15)22-19(25)20(26)23-17-9-5-6-10-18(17)24-11-13-28-14-12-24/h3-10H,2,11-14H2,1H3,(H,22,25)(H,23,26). The van der Waals surface area contributed by atoms with E-state index in [1.54, 1.807) is 37.3 Å². The number of nitrogens with one attached hydrogen (secondary N) is 2. The third kappa shape index (κ3) is 5.11. The molecule has 0 atom stereocenters. The van der Waals surface area contributed by atoms with Gasteiger partial charge in [0.15, 0.2) is 0 Å². The molecule has 29 heavy (non-hydrogen) atoms. The van der Waals surface area contributed by atoms with E-state index >= 15 is 0 Å². The van der Waals surface area contributed by atoms with Crippen molar-refractivity contribution in [1.29, 1.82) is 0 Å². The van der Waals surface area contributed by atoms with Crippen molar-refractivity contribution in [3.63, 3.8) is 0 Å². The van der Waals surface area contributed by atoms with Gasteiger partial charge >= 0.3 is 17.8 Å². The Balaban J connectivity index is 1.71. The quantitative estimate of drug-likeness (QED) is 0.594. The SMILES string of the molecule is CCOC(=O)c1ccccc1NC(=O)C(=O)Nc1ccccc1N1CCOCC1. The van der Waals surface area contributed by atoms with E-state index in [0.29, 0.717) is 32.0 Å². The van der Waals surface area contributed by atoms with Gasteiger partial charge in [0, 0.05) is 13.1 Å². The molecule has 1 heterocycles. The third-order valence-electron chi connectivity index (χ3n) is 4.38. The molecule has 2 amide bonds. The first-order chi connectivity index (χ1) is 14.1. The maximum Gasteiger partial charge on any atom is 0.340 e. The van der Waals surface area contributed by atoms with Gasteiger partial charge in [-0.2, -0.15) is 0 Å². The number of hydrogen-bond donors (Lipinski definition) is 2. The number of amides is 2. The van der Waals surface area contributed by atoms with Crippen LogP contribution in [-0.4, -0.2) is 50.7 Å². The highest BCUT2D eigenvalue weighted by Crippen LogP contribution is 2.26. The van der Waals surface area contributed by atoms with Gasteiger partial charge in [-0.25, -0.2) is 4.79 Å². The van der Waals surface area contributed by atoms with E-state index in [1.165, 1.54) is 6.07 Å². The molecule has 3 rings (SSSR count). The predicted molar refractivity (Wildman–Crippen MR) is 109 cm³/mol. The Kier molecular flexibility index (Phi) is 6.80. The molecule has 0 aromatic heterocycles. The Morgan fingerprint density at radius 1 is 0.931 bits per heavy atom. The first-order valence-electron chi connectivity index (χ1n) is 9.40. The van der Waals surface area contributed by atoms with Crippen molar-refractivity contribution >= 4 is 34.8 Å². The molecule has 0 spiro atoms. The van der Waals surface area contributed by atoms with E-state index in [9.17, 15) is 14.4 Å². The molecule has 8 heteroatoms. The van der Waals surface area contributed by atoms with Gasteiger partial charge in [0.05, 0.1) is 42.4 Å². The third-order valence-corrected chi connectivity index (χ3v) is 4.38. The summed E-state index contributed by atoms with van der Waals surface area (Å²) in [6.45, 7) is 4.51. The summed E-state index contributed by atoms with van der Waals surface area (Å²) >= 11 is 0. The van der Waals surface area contributed by atoms with Gasteiger partial charge in [0.2, 0.25) is 0 Å². The van der Waals surface area contributed by atoms with E-state index in [-0.39, 0.29) is 17.9 Å². The number of para-hydroxylation sites is 3. The van der Waals surface area contributed by atoms with Gasteiger partial charge < -0.3 is 25.0 Å². The van der Waals surface area contributed by atoms with E-state index in [4.69, 9.17) is 9.47 Å². The molecule has 1 saturated heterocycles. The van der Waals surface area contributed by atoms with Crippen molar-refractivity contribution in [3.8, 4) is 0 Å². The summed E-state index contributed by atoms with van der Waals surface area (Å²) in [6.07, 6.45) is 0. The van der Waals surface area contributed by atoms with Crippen LogP contribution in [0.1, 0.15) is 17.3 Å². The average molecular weight is 397 g/mol. The van der Waals surface area contributed by atoms with E-state index in [0.717, 1.165) is 5.69 Å². The van der Waals surface area contributed by atoms with Crippen LogP contribution in [-0.2, 0) is 19.1 Å². The molecule has 1 fully saturated rings. The molecule has 0 aliphatic carbocycles. The molecule has 152 valence electrons. The van der Waals surface area contributed by atoms with Gasteiger partial charge in [-0.1, -0.05) is 24.3 Å². The van der Waals surface area contributed by atoms with Crippen LogP contribution in [0.2, 0.25) is 0 Å². The second kappa shape index (κ2) is 9.70. The summed E-state index contributed by atoms with van der Waals surface area (Å²) in [5, 5.41) is 5.14. The number of benzene rings is 2. The largest absolute Gasteiger partial charge is 0.462 e. The number of esters is 1. The second-order valence-electron chi connectivity index (χ2n) is 6.29. The van der Waals surface area contributed by atoms with Crippen molar-refractivity contribution in [2.45, 2.75) is 6.92 Å². The van der Waals surface area contributed by atoms with Crippen LogP contribution in [0.4, 0.5) is 17.1 Å². The fourth-order valence-electron chi connectivity index (χ4n) is 3.00. The molecule has 1 aliphatic rings. The van der Waals surface area contributed by atoms with E-state index in [2.05, 4.69) is 15.5 Å². The van der Waals surface area contributed by atoms with Crippen molar-refractivity contribution < 1.29 is 23.9 Å². The Bertz CT molecular complexity index is 893. The first-order valence-corrected chi connectivity index (χ1v) is 9.40. The van der Waals surface area contributed by atoms with Gasteiger partial charge in [0.1, 0.15) is 0 Å². The van der Waals surface area contributed by atoms with Crippen LogP contribution in [0.3, 0.4) is 0 Å². The number of anilines is 3. The van der Waals surface area contributed by atoms with Gasteiger partial charge in [0.25, 0.3) is 0 Å². The number of hydrogen-bond acceptors (Lipinski definition) is 6. The number of rotatable bonds is 5. The summed E-state index contributed by atoms with van der Waals surface area (Å²) in [4.78, 5) is 39.0. The van der Waals surface area contributed by atoms with Gasteiger partial charge in [-0.3, -0.25) is 9.59 Å². The Hall–Kier alpha value is -3.39. The fourth-order valence-corrected chi connectivity index (χ4v) is 3.00. The maximum absolute atomic E-state index is 12.5. The van der Waals surface area contributed by atoms with Gasteiger partial charge in [-0.05, 0) is 31.2 Å². The summed E-state index contributed by atoms with van der Waals surface area (Å²) in [6, 6.07) is 13.7. The molecule has 1 aliphatic heterocycles. The number of morpholine rings is 1. The lowest BCUT2D eigenvalue weighted by molar-refractivity contribution is -0.132. The zero-order valence-corrected chi connectivity index (χ0v) is 16.1. The van der Waals surface area contributed by atoms with Crippen LogP contribution in [0.5, 0.6) is 0 Å². The Morgan fingerprint density at radius 3 is 2.21 bits per heavy atom. The summed E-state index contributed by atoms with van der Waals surface area (Å²) in [5.74, 6) is -2.27. The second-order valence-corrected chi connectivity index (χ2v) is 6.29. The van der Waals surface area contributed by atoms with Crippen molar-refractivity contribution in [2.75, 3.05) is 48.4 Å². The van der Waals surface area contributed by atoms with Crippen LogP contribution in [0.15, 0.2) is 48.5 Å². The van der Waals surface area contributed by atoms with Gasteiger partial charge in [-0.15, -0.1) is 0 Å². The molecule has 2 aromatic rings. The highest BCUT2D eigenvalue weighted by Gasteiger charge is 2.21. The smallest absolute Gasteiger partial charge is 0.340 e. The monoisotopic (exact) mass is 397 g/mol. The molecular formula is C21H23N3O5. The average Bonchev–Trinajstić information content (AvgIpc) is 2.75. The summed E-state index contributed by atoms with van der Waals surface area (Å²) < 4.78 is 10.3. The number of carbonyl (C=O) groups excluding carboxylic acids is 3. The minimum atomic E-state index is -0.876. The predicted octanol–water partition coefficient (Wildman–Crippen LogP) is 2.28. The van der Waals surface area contributed by atoms with E-state index < -0.39 is 17.8 Å². The topological polar surface area (TPSA) is 97.0 Å². The van der Waals surface area contributed by atoms with E-state index in [1.807, 2.05) is 12.1 Å². The summed E-state index contributed by atoms with van der Waals surface area (Å²) in [7, 11) is 0. The number of nitrogens with zero attached hydrogens (tertiary/aromatic N) is 1. The molecule has 2 N–H and O–H groups in total. The highest BCUT2D eigenvalue weighted by molar-refractivity contribution is 6.44. The maximum atomic E-state index is 12.5. The van der Waals surface area contributed by atoms with Crippen molar-refractivity contribution in [1.82, 2.24) is 0 Å². The lowest BCUT2D eigenvalue weighted by Gasteiger charge is -2.30. The normalized spacial score (nSPS) is 13.5. The Labute approximate surface area is 168 Å². The summed E-state index contributed by atoms with van der Waals surface area (Å²) in [5.41, 5.74) is 1.76. The van der Waals surface area contributed by atoms with Crippen molar-refractivity contribution in [3.05, 3.63) is 54.1 Å². The fraction of sp³-hybridized carbons (Fsp3) is 0.286. The molecule has 2 aromatic carbocycles. The molecular weight excluding hydrogens is 374 g/mol. The molecule has 0 bridgehead atoms. The highest BCUT2D eigenvalue weighted by atomic mass is 16.5. The van der Waals surface area contributed by atoms with Crippen LogP contribution < -0.4 is 15.5 Å².